The second kappa shape index (κ2) is 10.5. The number of hydrogen-bond donors (Lipinski definition) is 2. The van der Waals surface area contributed by atoms with E-state index in [1.165, 1.54) is 33.9 Å². The van der Waals surface area contributed by atoms with Crippen LogP contribution in [0.25, 0.3) is 11.3 Å². The summed E-state index contributed by atoms with van der Waals surface area (Å²) >= 11 is 0. The lowest BCUT2D eigenvalue weighted by atomic mass is 10.0. The van der Waals surface area contributed by atoms with E-state index < -0.39 is 36.3 Å². The first kappa shape index (κ1) is 25.8. The van der Waals surface area contributed by atoms with Crippen molar-refractivity contribution < 1.29 is 33.0 Å². The highest BCUT2D eigenvalue weighted by molar-refractivity contribution is 5.98. The first-order chi connectivity index (χ1) is 18.7. The number of allylic oxidation sites excluding steroid dienone is 2. The second-order valence-electron chi connectivity index (χ2n) is 9.19. The fourth-order valence-corrected chi connectivity index (χ4v) is 4.64. The van der Waals surface area contributed by atoms with Gasteiger partial charge >= 0.3 is 5.97 Å². The third kappa shape index (κ3) is 5.28. The lowest BCUT2D eigenvalue weighted by Crippen LogP contribution is -2.42. The number of rotatable bonds is 7. The number of nitrogens with zero attached hydrogens (tertiary/aromatic N) is 3. The number of halogens is 2. The Morgan fingerprint density at radius 3 is 2.72 bits per heavy atom. The molecule has 9 nitrogen and oxygen atoms in total. The molecule has 1 aromatic heterocycles. The topological polar surface area (TPSA) is 114 Å². The Morgan fingerprint density at radius 1 is 1.21 bits per heavy atom. The largest absolute Gasteiger partial charge is 0.488 e. The van der Waals surface area contributed by atoms with Gasteiger partial charge in [-0.2, -0.15) is 5.10 Å². The first-order valence-corrected chi connectivity index (χ1v) is 12.1. The van der Waals surface area contributed by atoms with Crippen LogP contribution in [0.4, 0.5) is 8.78 Å². The van der Waals surface area contributed by atoms with Gasteiger partial charge in [-0.3, -0.25) is 14.3 Å². The number of ether oxygens (including phenoxy) is 1. The van der Waals surface area contributed by atoms with E-state index in [1.54, 1.807) is 31.3 Å². The number of amides is 2. The summed E-state index contributed by atoms with van der Waals surface area (Å²) in [4.78, 5) is 39.4. The normalized spacial score (nSPS) is 15.7. The number of carboxylic acid groups (broad SMARTS) is 1. The number of hydrogen-bond acceptors (Lipinski definition) is 5. The molecule has 1 unspecified atom stereocenters. The minimum absolute atomic E-state index is 0.0228. The third-order valence-electron chi connectivity index (χ3n) is 6.48. The Hall–Kier alpha value is -4.80. The summed E-state index contributed by atoms with van der Waals surface area (Å²) in [7, 11) is 1.63. The monoisotopic (exact) mass is 534 g/mol. The van der Waals surface area contributed by atoms with Crippen molar-refractivity contribution in [3.8, 4) is 17.0 Å². The van der Waals surface area contributed by atoms with Crippen molar-refractivity contribution in [2.75, 3.05) is 6.54 Å². The van der Waals surface area contributed by atoms with Gasteiger partial charge in [-0.1, -0.05) is 36.4 Å². The van der Waals surface area contributed by atoms with Crippen LogP contribution in [0.5, 0.6) is 5.75 Å². The number of carbonyl (C=O) groups is 3. The molecular weight excluding hydrogens is 510 g/mol. The lowest BCUT2D eigenvalue weighted by Gasteiger charge is -2.24. The molecule has 0 spiro atoms. The molecule has 1 aliphatic heterocycles. The zero-order chi connectivity index (χ0) is 27.7. The summed E-state index contributed by atoms with van der Waals surface area (Å²) in [6, 6.07) is 13.1. The molecule has 0 saturated carbocycles. The van der Waals surface area contributed by atoms with Crippen molar-refractivity contribution in [3.63, 3.8) is 0 Å². The Kier molecular flexibility index (Phi) is 6.97. The SMILES string of the molecule is Cn1nc(C(=O)N(CC(=O)NC2=CC(C(=O)O)=CCC2F)Cc2ccccc2)c2c1-c1cc(F)ccc1OC2. The van der Waals surface area contributed by atoms with E-state index in [-0.39, 0.29) is 36.5 Å². The molecule has 0 saturated heterocycles. The fraction of sp³-hybridized carbons (Fsp3) is 0.214. The summed E-state index contributed by atoms with van der Waals surface area (Å²) < 4.78 is 35.7. The van der Waals surface area contributed by atoms with E-state index >= 15 is 0 Å². The van der Waals surface area contributed by atoms with Crippen molar-refractivity contribution in [1.82, 2.24) is 20.0 Å². The van der Waals surface area contributed by atoms with Gasteiger partial charge in [0, 0.05) is 31.1 Å². The Balaban J connectivity index is 1.44. The second-order valence-corrected chi connectivity index (χ2v) is 9.19. The van der Waals surface area contributed by atoms with Gasteiger partial charge in [-0.05, 0) is 29.8 Å². The average molecular weight is 535 g/mol. The quantitative estimate of drug-likeness (QED) is 0.480. The van der Waals surface area contributed by atoms with E-state index in [4.69, 9.17) is 4.74 Å². The lowest BCUT2D eigenvalue weighted by molar-refractivity contribution is -0.132. The molecule has 3 aromatic rings. The molecule has 5 rings (SSSR count). The molecule has 0 radical (unpaired) electrons. The standard InChI is InChI=1S/C28H24F2N4O5/c1-33-26-19-12-18(29)8-10-23(19)39-15-20(26)25(32-33)27(36)34(13-16-5-3-2-4-6-16)14-24(35)31-22-11-17(28(37)38)7-9-21(22)30/h2-8,10-12,21H,9,13-15H2,1H3,(H,31,35)(H,37,38). The van der Waals surface area contributed by atoms with Gasteiger partial charge in [0.25, 0.3) is 5.91 Å². The maximum absolute atomic E-state index is 14.4. The molecule has 2 aromatic carbocycles. The number of alkyl halides is 1. The van der Waals surface area contributed by atoms with Crippen LogP contribution in [0.1, 0.15) is 28.0 Å². The predicted octanol–water partition coefficient (Wildman–Crippen LogP) is 3.51. The van der Waals surface area contributed by atoms with Gasteiger partial charge in [-0.25, -0.2) is 13.6 Å². The van der Waals surface area contributed by atoms with Crippen molar-refractivity contribution in [1.29, 1.82) is 0 Å². The number of aliphatic carboxylic acids is 1. The van der Waals surface area contributed by atoms with Gasteiger partial charge in [0.2, 0.25) is 5.91 Å². The minimum Gasteiger partial charge on any atom is -0.488 e. The maximum atomic E-state index is 14.4. The fourth-order valence-electron chi connectivity index (χ4n) is 4.64. The maximum Gasteiger partial charge on any atom is 0.335 e. The molecule has 2 amide bonds. The summed E-state index contributed by atoms with van der Waals surface area (Å²) in [5.74, 6) is -2.52. The summed E-state index contributed by atoms with van der Waals surface area (Å²) in [6.45, 7) is -0.390. The van der Waals surface area contributed by atoms with Crippen LogP contribution < -0.4 is 10.1 Å². The summed E-state index contributed by atoms with van der Waals surface area (Å²) in [5.41, 5.74) is 1.91. The smallest absolute Gasteiger partial charge is 0.335 e. The zero-order valence-electron chi connectivity index (χ0n) is 20.9. The van der Waals surface area contributed by atoms with Crippen LogP contribution in [-0.4, -0.2) is 50.3 Å². The molecule has 1 aliphatic carbocycles. The van der Waals surface area contributed by atoms with Crippen molar-refractivity contribution in [2.24, 2.45) is 7.05 Å². The zero-order valence-corrected chi connectivity index (χ0v) is 20.9. The molecular formula is C28H24F2N4O5. The van der Waals surface area contributed by atoms with Gasteiger partial charge in [0.1, 0.15) is 30.9 Å². The summed E-state index contributed by atoms with van der Waals surface area (Å²) in [5, 5.41) is 16.0. The molecule has 39 heavy (non-hydrogen) atoms. The van der Waals surface area contributed by atoms with Gasteiger partial charge in [-0.15, -0.1) is 0 Å². The molecule has 2 heterocycles. The Labute approximate surface area is 222 Å². The van der Waals surface area contributed by atoms with Crippen LogP contribution in [0.15, 0.2) is 72.0 Å². The molecule has 2 aliphatic rings. The van der Waals surface area contributed by atoms with Crippen molar-refractivity contribution in [3.05, 3.63) is 94.6 Å². The first-order valence-electron chi connectivity index (χ1n) is 12.1. The molecule has 2 N–H and O–H groups in total. The number of aryl methyl sites for hydroxylation is 1. The van der Waals surface area contributed by atoms with Crippen LogP contribution in [0, 0.1) is 5.82 Å². The highest BCUT2D eigenvalue weighted by atomic mass is 19.1. The Bertz CT molecular complexity index is 1530. The van der Waals surface area contributed by atoms with Crippen LogP contribution in [0.3, 0.4) is 0 Å². The van der Waals surface area contributed by atoms with E-state index in [0.29, 0.717) is 22.6 Å². The number of nitrogens with one attached hydrogen (secondary N) is 1. The predicted molar refractivity (Wildman–Crippen MR) is 136 cm³/mol. The number of benzene rings is 2. The van der Waals surface area contributed by atoms with E-state index in [9.17, 15) is 28.3 Å². The molecule has 0 fully saturated rings. The van der Waals surface area contributed by atoms with Crippen molar-refractivity contribution >= 4 is 17.8 Å². The molecule has 200 valence electrons. The minimum atomic E-state index is -1.59. The highest BCUT2D eigenvalue weighted by Crippen LogP contribution is 2.39. The van der Waals surface area contributed by atoms with Crippen LogP contribution in [0.2, 0.25) is 0 Å². The number of carbonyl (C=O) groups excluding carboxylic acids is 2. The Morgan fingerprint density at radius 2 is 1.97 bits per heavy atom. The highest BCUT2D eigenvalue weighted by Gasteiger charge is 2.32. The van der Waals surface area contributed by atoms with Crippen molar-refractivity contribution in [2.45, 2.75) is 25.7 Å². The van der Waals surface area contributed by atoms with Gasteiger partial charge < -0.3 is 20.1 Å². The number of carboxylic acids is 1. The molecule has 0 bridgehead atoms. The molecule has 11 heteroatoms. The molecule has 1 atom stereocenters. The van der Waals surface area contributed by atoms with E-state index in [2.05, 4.69) is 10.4 Å². The van der Waals surface area contributed by atoms with Crippen LogP contribution >= 0.6 is 0 Å². The van der Waals surface area contributed by atoms with Gasteiger partial charge in [0.15, 0.2) is 5.69 Å². The number of fused-ring (bicyclic) bond motifs is 3. The third-order valence-corrected chi connectivity index (χ3v) is 6.48. The van der Waals surface area contributed by atoms with Crippen LogP contribution in [-0.2, 0) is 29.8 Å². The van der Waals surface area contributed by atoms with E-state index in [1.807, 2.05) is 6.07 Å². The summed E-state index contributed by atoms with van der Waals surface area (Å²) in [6.07, 6.45) is 0.531. The average Bonchev–Trinajstić information content (AvgIpc) is 3.26. The number of aromatic nitrogens is 2. The van der Waals surface area contributed by atoms with Gasteiger partial charge in [0.05, 0.1) is 17.0 Å². The van der Waals surface area contributed by atoms with E-state index in [0.717, 1.165) is 11.6 Å².